The van der Waals surface area contributed by atoms with Gasteiger partial charge in [-0.25, -0.2) is 9.97 Å². The first-order chi connectivity index (χ1) is 11.6. The van der Waals surface area contributed by atoms with Crippen LogP contribution in [-0.2, 0) is 4.79 Å². The number of aliphatic carboxylic acids is 1. The summed E-state index contributed by atoms with van der Waals surface area (Å²) >= 11 is 1.15. The molecule has 2 aromatic heterocycles. The fourth-order valence-electron chi connectivity index (χ4n) is 2.15. The molecule has 0 amide bonds. The lowest BCUT2D eigenvalue weighted by Gasteiger charge is -2.08. The molecule has 2 heterocycles. The molecule has 1 atom stereocenters. The van der Waals surface area contributed by atoms with Crippen molar-refractivity contribution < 1.29 is 14.6 Å². The fraction of sp³-hybridized carbons (Fsp3) is 0.267. The highest BCUT2D eigenvalue weighted by molar-refractivity contribution is 8.00. The van der Waals surface area contributed by atoms with Gasteiger partial charge in [-0.05, 0) is 30.7 Å². The molecular formula is C15H15N5O3S. The van der Waals surface area contributed by atoms with Crippen LogP contribution in [0.2, 0.25) is 0 Å². The molecule has 1 N–H and O–H groups in total. The summed E-state index contributed by atoms with van der Waals surface area (Å²) in [6.45, 7) is 1.82. The molecular weight excluding hydrogens is 330 g/mol. The van der Waals surface area contributed by atoms with Gasteiger partial charge in [0, 0.05) is 0 Å². The zero-order valence-corrected chi connectivity index (χ0v) is 13.9. The van der Waals surface area contributed by atoms with Gasteiger partial charge in [0.05, 0.1) is 12.8 Å². The Morgan fingerprint density at radius 3 is 2.71 bits per heavy atom. The molecule has 1 aromatic carbocycles. The first-order valence-corrected chi connectivity index (χ1v) is 8.12. The Bertz CT molecular complexity index is 865. The van der Waals surface area contributed by atoms with Gasteiger partial charge in [-0.1, -0.05) is 23.9 Å². The number of carbonyl (C=O) groups is 1. The Hall–Kier alpha value is -2.68. The molecule has 124 valence electrons. The molecule has 0 saturated carbocycles. The summed E-state index contributed by atoms with van der Waals surface area (Å²) in [6.07, 6.45) is 1.88. The van der Waals surface area contributed by atoms with Gasteiger partial charge in [0.2, 0.25) is 0 Å². The number of nitrogens with zero attached hydrogens (tertiary/aromatic N) is 5. The van der Waals surface area contributed by atoms with E-state index in [1.165, 1.54) is 6.33 Å². The predicted molar refractivity (Wildman–Crippen MR) is 88.6 cm³/mol. The molecule has 3 rings (SSSR count). The Kier molecular flexibility index (Phi) is 4.61. The average Bonchev–Trinajstić information content (AvgIpc) is 3.04. The summed E-state index contributed by atoms with van der Waals surface area (Å²) in [5, 5.41) is 17.4. The van der Waals surface area contributed by atoms with Crippen LogP contribution in [0.3, 0.4) is 0 Å². The number of carboxylic acids is 1. The SMILES string of the molecule is CC[C@H](Sc1ncnc2c1nnn2-c1ccc(OC)cc1)C(=O)O. The first kappa shape index (κ1) is 16.2. The molecule has 3 aromatic rings. The Labute approximate surface area is 141 Å². The average molecular weight is 345 g/mol. The number of aromatic nitrogens is 5. The summed E-state index contributed by atoms with van der Waals surface area (Å²) in [6, 6.07) is 7.32. The lowest BCUT2D eigenvalue weighted by molar-refractivity contribution is -0.136. The Morgan fingerprint density at radius 2 is 2.08 bits per heavy atom. The maximum absolute atomic E-state index is 11.2. The van der Waals surface area contributed by atoms with Crippen molar-refractivity contribution in [3.63, 3.8) is 0 Å². The van der Waals surface area contributed by atoms with Gasteiger partial charge in [-0.2, -0.15) is 4.68 Å². The van der Waals surface area contributed by atoms with E-state index >= 15 is 0 Å². The van der Waals surface area contributed by atoms with Crippen LogP contribution in [0.1, 0.15) is 13.3 Å². The van der Waals surface area contributed by atoms with Crippen LogP contribution in [0, 0.1) is 0 Å². The molecule has 0 aliphatic carbocycles. The number of fused-ring (bicyclic) bond motifs is 1. The second-order valence-electron chi connectivity index (χ2n) is 4.90. The van der Waals surface area contributed by atoms with E-state index in [1.54, 1.807) is 11.8 Å². The molecule has 0 fully saturated rings. The quantitative estimate of drug-likeness (QED) is 0.535. The number of hydrogen-bond acceptors (Lipinski definition) is 7. The Morgan fingerprint density at radius 1 is 1.33 bits per heavy atom. The van der Waals surface area contributed by atoms with Gasteiger partial charge in [-0.15, -0.1) is 5.10 Å². The van der Waals surface area contributed by atoms with E-state index in [1.807, 2.05) is 31.2 Å². The van der Waals surface area contributed by atoms with Crippen LogP contribution in [-0.4, -0.2) is 48.4 Å². The van der Waals surface area contributed by atoms with Crippen LogP contribution in [0.5, 0.6) is 5.75 Å². The Balaban J connectivity index is 2.00. The smallest absolute Gasteiger partial charge is 0.317 e. The number of ether oxygens (including phenoxy) is 1. The minimum absolute atomic E-state index is 0.484. The topological polar surface area (TPSA) is 103 Å². The molecule has 0 aliphatic heterocycles. The monoisotopic (exact) mass is 345 g/mol. The third-order valence-electron chi connectivity index (χ3n) is 3.42. The standard InChI is InChI=1S/C15H15N5O3S/c1-3-11(15(21)22)24-14-12-13(16-8-17-14)20(19-18-12)9-4-6-10(23-2)7-5-9/h4-8,11H,3H2,1-2H3,(H,21,22)/t11-/m0/s1. The molecule has 8 nitrogen and oxygen atoms in total. The number of thioether (sulfide) groups is 1. The van der Waals surface area contributed by atoms with Gasteiger partial charge >= 0.3 is 5.97 Å². The third kappa shape index (κ3) is 3.02. The highest BCUT2D eigenvalue weighted by Crippen LogP contribution is 2.29. The lowest BCUT2D eigenvalue weighted by Crippen LogP contribution is -2.15. The fourth-order valence-corrected chi connectivity index (χ4v) is 3.04. The van der Waals surface area contributed by atoms with Crippen LogP contribution < -0.4 is 4.74 Å². The van der Waals surface area contributed by atoms with Crippen molar-refractivity contribution in [2.75, 3.05) is 7.11 Å². The molecule has 0 aliphatic rings. The molecule has 0 saturated heterocycles. The predicted octanol–water partition coefficient (Wildman–Crippen LogP) is 2.17. The van der Waals surface area contributed by atoms with Gasteiger partial charge < -0.3 is 9.84 Å². The maximum Gasteiger partial charge on any atom is 0.317 e. The minimum Gasteiger partial charge on any atom is -0.497 e. The van der Waals surface area contributed by atoms with Gasteiger partial charge in [-0.3, -0.25) is 4.79 Å². The van der Waals surface area contributed by atoms with Crippen LogP contribution >= 0.6 is 11.8 Å². The number of rotatable bonds is 6. The van der Waals surface area contributed by atoms with Crippen LogP contribution in [0.25, 0.3) is 16.9 Å². The highest BCUT2D eigenvalue weighted by Gasteiger charge is 2.21. The molecule has 9 heteroatoms. The van der Waals surface area contributed by atoms with E-state index in [0.717, 1.165) is 23.2 Å². The summed E-state index contributed by atoms with van der Waals surface area (Å²) < 4.78 is 6.73. The van der Waals surface area contributed by atoms with Crippen molar-refractivity contribution in [1.29, 1.82) is 0 Å². The van der Waals surface area contributed by atoms with E-state index in [0.29, 0.717) is 22.6 Å². The van der Waals surface area contributed by atoms with E-state index in [4.69, 9.17) is 4.74 Å². The zero-order chi connectivity index (χ0) is 17.1. The minimum atomic E-state index is -0.878. The molecule has 0 unspecified atom stereocenters. The second-order valence-corrected chi connectivity index (χ2v) is 6.09. The first-order valence-electron chi connectivity index (χ1n) is 7.24. The van der Waals surface area contributed by atoms with Crippen LogP contribution in [0.15, 0.2) is 35.6 Å². The van der Waals surface area contributed by atoms with Crippen LogP contribution in [0.4, 0.5) is 0 Å². The van der Waals surface area contributed by atoms with E-state index < -0.39 is 11.2 Å². The van der Waals surface area contributed by atoms with E-state index in [2.05, 4.69) is 20.3 Å². The molecule has 24 heavy (non-hydrogen) atoms. The lowest BCUT2D eigenvalue weighted by atomic mass is 10.3. The summed E-state index contributed by atoms with van der Waals surface area (Å²) in [5.41, 5.74) is 1.79. The largest absolute Gasteiger partial charge is 0.497 e. The maximum atomic E-state index is 11.2. The van der Waals surface area contributed by atoms with Crippen molar-refractivity contribution >= 4 is 28.9 Å². The van der Waals surface area contributed by atoms with Gasteiger partial charge in [0.1, 0.15) is 22.4 Å². The molecule has 0 bridgehead atoms. The van der Waals surface area contributed by atoms with Gasteiger partial charge in [0.15, 0.2) is 11.2 Å². The number of methoxy groups -OCH3 is 1. The summed E-state index contributed by atoms with van der Waals surface area (Å²) in [4.78, 5) is 19.6. The summed E-state index contributed by atoms with van der Waals surface area (Å²) in [5.74, 6) is -0.141. The van der Waals surface area contributed by atoms with Crippen molar-refractivity contribution in [3.8, 4) is 11.4 Å². The number of carboxylic acid groups (broad SMARTS) is 1. The molecule has 0 radical (unpaired) electrons. The molecule has 0 spiro atoms. The summed E-state index contributed by atoms with van der Waals surface area (Å²) in [7, 11) is 1.60. The van der Waals surface area contributed by atoms with Crippen molar-refractivity contribution in [2.45, 2.75) is 23.6 Å². The van der Waals surface area contributed by atoms with Crippen molar-refractivity contribution in [1.82, 2.24) is 25.0 Å². The normalized spacial score (nSPS) is 12.2. The van der Waals surface area contributed by atoms with E-state index in [-0.39, 0.29) is 0 Å². The second kappa shape index (κ2) is 6.83. The zero-order valence-electron chi connectivity index (χ0n) is 13.1. The highest BCUT2D eigenvalue weighted by atomic mass is 32.2. The van der Waals surface area contributed by atoms with Crippen molar-refractivity contribution in [2.24, 2.45) is 0 Å². The number of hydrogen-bond donors (Lipinski definition) is 1. The van der Waals surface area contributed by atoms with Gasteiger partial charge in [0.25, 0.3) is 0 Å². The third-order valence-corrected chi connectivity index (χ3v) is 4.76. The van der Waals surface area contributed by atoms with Crippen molar-refractivity contribution in [3.05, 3.63) is 30.6 Å². The van der Waals surface area contributed by atoms with E-state index in [9.17, 15) is 9.90 Å². The number of benzene rings is 1.